The number of anilines is 1. The van der Waals surface area contributed by atoms with Gasteiger partial charge in [-0.05, 0) is 30.0 Å². The second-order valence-electron chi connectivity index (χ2n) is 5.99. The second-order valence-corrected chi connectivity index (χ2v) is 5.99. The molecule has 1 N–H and O–H groups in total. The van der Waals surface area contributed by atoms with E-state index in [1.165, 1.54) is 0 Å². The zero-order chi connectivity index (χ0) is 14.9. The number of aromatic nitrogens is 1. The molecule has 0 unspecified atom stereocenters. The summed E-state index contributed by atoms with van der Waals surface area (Å²) in [5, 5.41) is 3.44. The Morgan fingerprint density at radius 2 is 1.80 bits per heavy atom. The molecule has 4 heteroatoms. The van der Waals surface area contributed by atoms with E-state index in [1.807, 2.05) is 27.7 Å². The summed E-state index contributed by atoms with van der Waals surface area (Å²) in [5.74, 6) is -0.306. The highest BCUT2D eigenvalue weighted by Gasteiger charge is 2.21. The van der Waals surface area contributed by atoms with Gasteiger partial charge in [0, 0.05) is 17.5 Å². The maximum absolute atomic E-state index is 13.9. The van der Waals surface area contributed by atoms with Crippen molar-refractivity contribution in [1.29, 1.82) is 0 Å². The zero-order valence-corrected chi connectivity index (χ0v) is 12.3. The molecule has 2 nitrogen and oxygen atoms in total. The van der Waals surface area contributed by atoms with E-state index in [4.69, 9.17) is 0 Å². The number of pyridine rings is 1. The second kappa shape index (κ2) is 5.35. The van der Waals surface area contributed by atoms with E-state index in [9.17, 15) is 8.78 Å². The molecular weight excluding hydrogens is 258 g/mol. The van der Waals surface area contributed by atoms with Gasteiger partial charge in [0.05, 0.1) is 0 Å². The Bertz CT molecular complexity index is 630. The van der Waals surface area contributed by atoms with Crippen molar-refractivity contribution in [3.8, 4) is 0 Å². The molecule has 1 heterocycles. The summed E-state index contributed by atoms with van der Waals surface area (Å²) in [6.07, 6.45) is 0.939. The molecule has 0 aliphatic carbocycles. The lowest BCUT2D eigenvalue weighted by Crippen LogP contribution is -2.17. The first-order valence-electron chi connectivity index (χ1n) is 6.87. The average Bonchev–Trinajstić information content (AvgIpc) is 2.39. The Hall–Kier alpha value is -1.71. The minimum atomic E-state index is -0.499. The van der Waals surface area contributed by atoms with Crippen LogP contribution in [0.15, 0.2) is 18.2 Å². The van der Waals surface area contributed by atoms with Gasteiger partial charge in [0.15, 0.2) is 0 Å². The summed E-state index contributed by atoms with van der Waals surface area (Å²) in [6, 6.07) is 3.97. The Balaban J connectivity index is 2.71. The smallest absolute Gasteiger partial charge is 0.149 e. The van der Waals surface area contributed by atoms with E-state index in [2.05, 4.69) is 10.3 Å². The first-order chi connectivity index (χ1) is 9.34. The fraction of sp³-hybridized carbons (Fsp3) is 0.438. The van der Waals surface area contributed by atoms with Crippen LogP contribution < -0.4 is 5.32 Å². The van der Waals surface area contributed by atoms with Gasteiger partial charge in [0.1, 0.15) is 23.0 Å². The van der Waals surface area contributed by atoms with Crippen LogP contribution in [0, 0.1) is 11.6 Å². The summed E-state index contributed by atoms with van der Waals surface area (Å²) in [6.45, 7) is 8.89. The number of hydrogen-bond acceptors (Lipinski definition) is 2. The van der Waals surface area contributed by atoms with E-state index in [0.29, 0.717) is 5.82 Å². The van der Waals surface area contributed by atoms with Gasteiger partial charge in [-0.15, -0.1) is 0 Å². The molecular formula is C16H20F2N2. The molecule has 2 aromatic rings. The molecule has 0 bridgehead atoms. The van der Waals surface area contributed by atoms with E-state index in [-0.39, 0.29) is 16.3 Å². The van der Waals surface area contributed by atoms with Gasteiger partial charge in [-0.2, -0.15) is 0 Å². The summed E-state index contributed by atoms with van der Waals surface area (Å²) in [7, 11) is 0. The molecule has 0 fully saturated rings. The molecule has 1 aromatic heterocycles. The van der Waals surface area contributed by atoms with Crippen LogP contribution in [0.2, 0.25) is 0 Å². The van der Waals surface area contributed by atoms with Crippen LogP contribution in [-0.2, 0) is 5.41 Å². The molecule has 0 saturated heterocycles. The van der Waals surface area contributed by atoms with Crippen molar-refractivity contribution in [2.75, 3.05) is 11.9 Å². The fourth-order valence-electron chi connectivity index (χ4n) is 2.14. The molecule has 0 atom stereocenters. The lowest BCUT2D eigenvalue weighted by atomic mass is 9.86. The number of fused-ring (bicyclic) bond motifs is 1. The molecule has 0 aliphatic heterocycles. The fourth-order valence-corrected chi connectivity index (χ4v) is 2.14. The van der Waals surface area contributed by atoms with Crippen LogP contribution in [0.1, 0.15) is 39.7 Å². The van der Waals surface area contributed by atoms with Crippen molar-refractivity contribution < 1.29 is 8.78 Å². The van der Waals surface area contributed by atoms with Crippen molar-refractivity contribution in [3.05, 3.63) is 35.4 Å². The topological polar surface area (TPSA) is 24.9 Å². The molecule has 1 aromatic carbocycles. The van der Waals surface area contributed by atoms with Gasteiger partial charge < -0.3 is 5.32 Å². The van der Waals surface area contributed by atoms with Crippen LogP contribution in [0.5, 0.6) is 0 Å². The van der Waals surface area contributed by atoms with Gasteiger partial charge >= 0.3 is 0 Å². The van der Waals surface area contributed by atoms with Gasteiger partial charge in [-0.1, -0.05) is 27.7 Å². The van der Waals surface area contributed by atoms with Crippen molar-refractivity contribution >= 4 is 16.7 Å². The van der Waals surface area contributed by atoms with Crippen molar-refractivity contribution in [3.63, 3.8) is 0 Å². The van der Waals surface area contributed by atoms with E-state index >= 15 is 0 Å². The highest BCUT2D eigenvalue weighted by atomic mass is 19.1. The average molecular weight is 278 g/mol. The van der Waals surface area contributed by atoms with Crippen molar-refractivity contribution in [2.45, 2.75) is 39.5 Å². The third kappa shape index (κ3) is 2.74. The minimum absolute atomic E-state index is 0.0802. The van der Waals surface area contributed by atoms with E-state index in [0.717, 1.165) is 30.7 Å². The normalized spacial score (nSPS) is 11.9. The maximum atomic E-state index is 13.9. The van der Waals surface area contributed by atoms with Crippen molar-refractivity contribution in [1.82, 2.24) is 4.98 Å². The minimum Gasteiger partial charge on any atom is -0.370 e. The lowest BCUT2D eigenvalue weighted by Gasteiger charge is -2.23. The predicted molar refractivity (Wildman–Crippen MR) is 79.1 cm³/mol. The van der Waals surface area contributed by atoms with Crippen LogP contribution in [0.3, 0.4) is 0 Å². The number of nitrogens with one attached hydrogen (secondary N) is 1. The van der Waals surface area contributed by atoms with E-state index < -0.39 is 11.6 Å². The quantitative estimate of drug-likeness (QED) is 0.885. The molecule has 108 valence electrons. The summed E-state index contributed by atoms with van der Waals surface area (Å²) >= 11 is 0. The Labute approximate surface area is 118 Å². The van der Waals surface area contributed by atoms with Gasteiger partial charge in [0.25, 0.3) is 0 Å². The lowest BCUT2D eigenvalue weighted by molar-refractivity contribution is 0.586. The van der Waals surface area contributed by atoms with Crippen LogP contribution in [0.4, 0.5) is 14.6 Å². The highest BCUT2D eigenvalue weighted by Crippen LogP contribution is 2.32. The van der Waals surface area contributed by atoms with Crippen LogP contribution in [0.25, 0.3) is 10.9 Å². The molecule has 0 radical (unpaired) electrons. The molecule has 20 heavy (non-hydrogen) atoms. The van der Waals surface area contributed by atoms with Gasteiger partial charge in [0.2, 0.25) is 0 Å². The standard InChI is InChI=1S/C16H20F2N2/c1-5-8-19-15-11(16(2,3)4)9-10-12(17)6-7-13(18)14(10)20-15/h6-7,9H,5,8H2,1-4H3,(H,19,20). The van der Waals surface area contributed by atoms with Crippen LogP contribution in [-0.4, -0.2) is 11.5 Å². The molecule has 0 saturated carbocycles. The molecule has 2 rings (SSSR count). The Morgan fingerprint density at radius 3 is 2.40 bits per heavy atom. The molecule has 0 amide bonds. The Morgan fingerprint density at radius 1 is 1.15 bits per heavy atom. The summed E-state index contributed by atoms with van der Waals surface area (Å²) in [5.41, 5.74) is 0.773. The summed E-state index contributed by atoms with van der Waals surface area (Å²) < 4.78 is 27.7. The third-order valence-electron chi connectivity index (χ3n) is 3.23. The van der Waals surface area contributed by atoms with Gasteiger partial charge in [-0.3, -0.25) is 0 Å². The first kappa shape index (κ1) is 14.7. The predicted octanol–water partition coefficient (Wildman–Crippen LogP) is 4.63. The molecule has 0 spiro atoms. The number of rotatable bonds is 3. The highest BCUT2D eigenvalue weighted by molar-refractivity contribution is 5.83. The first-order valence-corrected chi connectivity index (χ1v) is 6.87. The molecule has 0 aliphatic rings. The van der Waals surface area contributed by atoms with Gasteiger partial charge in [-0.25, -0.2) is 13.8 Å². The number of halogens is 2. The van der Waals surface area contributed by atoms with Crippen molar-refractivity contribution in [2.24, 2.45) is 0 Å². The Kier molecular flexibility index (Phi) is 3.93. The third-order valence-corrected chi connectivity index (χ3v) is 3.23. The maximum Gasteiger partial charge on any atom is 0.149 e. The number of benzene rings is 1. The van der Waals surface area contributed by atoms with E-state index in [1.54, 1.807) is 6.07 Å². The van der Waals surface area contributed by atoms with Crippen LogP contribution >= 0.6 is 0 Å². The number of nitrogens with zero attached hydrogens (tertiary/aromatic N) is 1. The zero-order valence-electron chi connectivity index (χ0n) is 12.3. The number of hydrogen-bond donors (Lipinski definition) is 1. The SMILES string of the molecule is CCCNc1nc2c(F)ccc(F)c2cc1C(C)(C)C. The summed E-state index contributed by atoms with van der Waals surface area (Å²) in [4.78, 5) is 4.31. The monoisotopic (exact) mass is 278 g/mol. The largest absolute Gasteiger partial charge is 0.370 e.